The molecule has 0 fully saturated rings. The average Bonchev–Trinajstić information content (AvgIpc) is 1.62. The van der Waals surface area contributed by atoms with E-state index in [0.717, 1.165) is 12.3 Å². The summed E-state index contributed by atoms with van der Waals surface area (Å²) in [5.74, 6) is 0.623. The van der Waals surface area contributed by atoms with Gasteiger partial charge < -0.3 is 5.73 Å². The molecule has 0 aromatic rings. The van der Waals surface area contributed by atoms with Crippen molar-refractivity contribution in [2.24, 2.45) is 11.7 Å². The van der Waals surface area contributed by atoms with Crippen LogP contribution in [0.25, 0.3) is 0 Å². The quantitative estimate of drug-likeness (QED) is 0.634. The highest BCUT2D eigenvalue weighted by Crippen LogP contribution is 1.81. The Morgan fingerprint density at radius 3 is 1.70 bits per heavy atom. The lowest BCUT2D eigenvalue weighted by Gasteiger charge is -1.81. The Morgan fingerprint density at radius 1 is 1.40 bits per heavy atom. The van der Waals surface area contributed by atoms with Gasteiger partial charge >= 0.3 is 0 Å². The van der Waals surface area contributed by atoms with Crippen LogP contribution in [-0.2, 0) is 4.79 Å². The van der Waals surface area contributed by atoms with Gasteiger partial charge in [-0.05, 0) is 12.3 Å². The number of amides is 1. The Hall–Kier alpha value is -0.530. The van der Waals surface area contributed by atoms with E-state index >= 15 is 0 Å². The molecule has 1 amide bonds. The third-order valence-corrected chi connectivity index (χ3v) is 0.496. The van der Waals surface area contributed by atoms with E-state index in [0.29, 0.717) is 6.42 Å². The molecule has 0 atom stereocenters. The highest BCUT2D eigenvalue weighted by Gasteiger charge is 1.84. The SMILES string of the molecule is CC(C)C.CCCC(N)=O. The molecule has 0 bridgehead atoms. The zero-order chi connectivity index (χ0) is 8.57. The van der Waals surface area contributed by atoms with Gasteiger partial charge in [0.25, 0.3) is 0 Å². The molecule has 0 unspecified atom stereocenters. The number of nitrogens with two attached hydrogens (primary N) is 1. The molecule has 0 aliphatic heterocycles. The van der Waals surface area contributed by atoms with Gasteiger partial charge in [0.05, 0.1) is 0 Å². The largest absolute Gasteiger partial charge is 0.370 e. The normalized spacial score (nSPS) is 8.50. The summed E-state index contributed by atoms with van der Waals surface area (Å²) in [5, 5.41) is 0. The van der Waals surface area contributed by atoms with Crippen LogP contribution in [0.1, 0.15) is 40.5 Å². The molecular weight excluding hydrogens is 126 g/mol. The Labute approximate surface area is 63.8 Å². The molecule has 0 aliphatic rings. The molecule has 2 N–H and O–H groups in total. The summed E-state index contributed by atoms with van der Waals surface area (Å²) in [4.78, 5) is 9.82. The van der Waals surface area contributed by atoms with Gasteiger partial charge in [-0.1, -0.05) is 27.7 Å². The summed E-state index contributed by atoms with van der Waals surface area (Å²) in [6.45, 7) is 8.42. The predicted molar refractivity (Wildman–Crippen MR) is 44.6 cm³/mol. The highest BCUT2D eigenvalue weighted by molar-refractivity contribution is 5.73. The molecule has 0 saturated carbocycles. The maximum atomic E-state index is 9.82. The fraction of sp³-hybridized carbons (Fsp3) is 0.875. The molecule has 0 spiro atoms. The summed E-state index contributed by atoms with van der Waals surface area (Å²) in [6.07, 6.45) is 1.37. The highest BCUT2D eigenvalue weighted by atomic mass is 16.1. The lowest BCUT2D eigenvalue weighted by atomic mass is 10.3. The fourth-order valence-electron chi connectivity index (χ4n) is 0.246. The van der Waals surface area contributed by atoms with Crippen LogP contribution in [0, 0.1) is 5.92 Å². The fourth-order valence-corrected chi connectivity index (χ4v) is 0.246. The van der Waals surface area contributed by atoms with Crippen molar-refractivity contribution in [2.45, 2.75) is 40.5 Å². The van der Waals surface area contributed by atoms with E-state index < -0.39 is 0 Å². The van der Waals surface area contributed by atoms with Gasteiger partial charge in [-0.2, -0.15) is 0 Å². The van der Waals surface area contributed by atoms with E-state index in [2.05, 4.69) is 20.8 Å². The van der Waals surface area contributed by atoms with Gasteiger partial charge in [0, 0.05) is 6.42 Å². The van der Waals surface area contributed by atoms with Crippen molar-refractivity contribution in [3.05, 3.63) is 0 Å². The maximum absolute atomic E-state index is 9.82. The summed E-state index contributed by atoms with van der Waals surface area (Å²) >= 11 is 0. The van der Waals surface area contributed by atoms with Gasteiger partial charge in [0.2, 0.25) is 5.91 Å². The lowest BCUT2D eigenvalue weighted by molar-refractivity contribution is -0.118. The van der Waals surface area contributed by atoms with Crippen molar-refractivity contribution >= 4 is 5.91 Å². The van der Waals surface area contributed by atoms with E-state index in [1.165, 1.54) is 0 Å². The third-order valence-electron chi connectivity index (χ3n) is 0.496. The number of rotatable bonds is 2. The summed E-state index contributed by atoms with van der Waals surface area (Å²) in [6, 6.07) is 0. The van der Waals surface area contributed by atoms with Crippen molar-refractivity contribution in [2.75, 3.05) is 0 Å². The molecule has 0 aromatic heterocycles. The summed E-state index contributed by atoms with van der Waals surface area (Å²) in [5.41, 5.74) is 4.76. The van der Waals surface area contributed by atoms with Crippen molar-refractivity contribution in [3.63, 3.8) is 0 Å². The first-order chi connectivity index (χ1) is 4.50. The first kappa shape index (κ1) is 12.2. The summed E-state index contributed by atoms with van der Waals surface area (Å²) in [7, 11) is 0. The minimum absolute atomic E-state index is 0.211. The Kier molecular flexibility index (Phi) is 10.3. The van der Waals surface area contributed by atoms with Crippen LogP contribution in [-0.4, -0.2) is 5.91 Å². The second kappa shape index (κ2) is 8.47. The van der Waals surface area contributed by atoms with E-state index in [9.17, 15) is 4.79 Å². The van der Waals surface area contributed by atoms with Crippen LogP contribution in [0.3, 0.4) is 0 Å². The zero-order valence-corrected chi connectivity index (χ0v) is 7.48. The molecule has 0 saturated heterocycles. The smallest absolute Gasteiger partial charge is 0.217 e. The Morgan fingerprint density at radius 2 is 1.70 bits per heavy atom. The van der Waals surface area contributed by atoms with Crippen LogP contribution in [0.4, 0.5) is 0 Å². The van der Waals surface area contributed by atoms with Crippen LogP contribution >= 0.6 is 0 Å². The van der Waals surface area contributed by atoms with Gasteiger partial charge in [-0.15, -0.1) is 0 Å². The zero-order valence-electron chi connectivity index (χ0n) is 7.48. The summed E-state index contributed by atoms with van der Waals surface area (Å²) < 4.78 is 0. The molecule has 0 heterocycles. The number of hydrogen-bond donors (Lipinski definition) is 1. The van der Waals surface area contributed by atoms with E-state index in [4.69, 9.17) is 5.73 Å². The first-order valence-corrected chi connectivity index (χ1v) is 3.79. The predicted octanol–water partition coefficient (Wildman–Crippen LogP) is 1.93. The number of primary amides is 1. The van der Waals surface area contributed by atoms with Crippen LogP contribution in [0.2, 0.25) is 0 Å². The third kappa shape index (κ3) is 51.3. The van der Waals surface area contributed by atoms with Gasteiger partial charge in [-0.3, -0.25) is 4.79 Å². The topological polar surface area (TPSA) is 43.1 Å². The number of carbonyl (C=O) groups excluding carboxylic acids is 1. The average molecular weight is 145 g/mol. The first-order valence-electron chi connectivity index (χ1n) is 3.79. The van der Waals surface area contributed by atoms with Gasteiger partial charge in [0.15, 0.2) is 0 Å². The van der Waals surface area contributed by atoms with Gasteiger partial charge in [0.1, 0.15) is 0 Å². The Balaban J connectivity index is 0. The van der Waals surface area contributed by atoms with E-state index in [-0.39, 0.29) is 5.91 Å². The van der Waals surface area contributed by atoms with Crippen LogP contribution in [0.5, 0.6) is 0 Å². The molecule has 0 rings (SSSR count). The van der Waals surface area contributed by atoms with Crippen molar-refractivity contribution in [1.82, 2.24) is 0 Å². The molecule has 10 heavy (non-hydrogen) atoms. The second-order valence-electron chi connectivity index (χ2n) is 2.95. The number of carbonyl (C=O) groups is 1. The van der Waals surface area contributed by atoms with Crippen molar-refractivity contribution < 1.29 is 4.79 Å². The number of hydrogen-bond acceptors (Lipinski definition) is 1. The van der Waals surface area contributed by atoms with Crippen LogP contribution < -0.4 is 5.73 Å². The van der Waals surface area contributed by atoms with Crippen molar-refractivity contribution in [1.29, 1.82) is 0 Å². The molecule has 0 aliphatic carbocycles. The standard InChI is InChI=1S/C4H9NO.C4H10/c1-2-3-4(5)6;1-4(2)3/h2-3H2,1H3,(H2,5,6);4H,1-3H3. The molecule has 2 heteroatoms. The Bertz CT molecular complexity index is 76.6. The lowest BCUT2D eigenvalue weighted by Crippen LogP contribution is -2.08. The minimum atomic E-state index is -0.211. The second-order valence-corrected chi connectivity index (χ2v) is 2.95. The van der Waals surface area contributed by atoms with E-state index in [1.54, 1.807) is 0 Å². The van der Waals surface area contributed by atoms with E-state index in [1.807, 2.05) is 6.92 Å². The minimum Gasteiger partial charge on any atom is -0.370 e. The van der Waals surface area contributed by atoms with Crippen LogP contribution in [0.15, 0.2) is 0 Å². The molecule has 2 nitrogen and oxygen atoms in total. The maximum Gasteiger partial charge on any atom is 0.217 e. The monoisotopic (exact) mass is 145 g/mol. The van der Waals surface area contributed by atoms with Gasteiger partial charge in [-0.25, -0.2) is 0 Å². The van der Waals surface area contributed by atoms with Crippen molar-refractivity contribution in [3.8, 4) is 0 Å². The molecule has 62 valence electrons. The molecular formula is C8H19NO. The molecule has 0 radical (unpaired) electrons. The molecule has 0 aromatic carbocycles.